The van der Waals surface area contributed by atoms with Crippen LogP contribution in [0.4, 0.5) is 8.78 Å². The third kappa shape index (κ3) is 6.04. The standard InChI is InChI=1S/C26H34F2O/c1-3-5-6-7-19-8-10-20(11-9-19)16-21-12-14-23(25(27)17-21)24-15-13-22(29-4-2)18-26(24)28/h12-15,17-20H,3-11,16H2,1-2H3. The first-order valence-electron chi connectivity index (χ1n) is 11.3. The maximum atomic E-state index is 14.8. The third-order valence-electron chi connectivity index (χ3n) is 6.28. The van der Waals surface area contributed by atoms with Crippen molar-refractivity contribution in [3.05, 3.63) is 53.6 Å². The first-order valence-corrected chi connectivity index (χ1v) is 11.3. The minimum absolute atomic E-state index is 0.282. The van der Waals surface area contributed by atoms with Gasteiger partial charge in [0.1, 0.15) is 17.4 Å². The molecule has 0 N–H and O–H groups in total. The smallest absolute Gasteiger partial charge is 0.134 e. The predicted molar refractivity (Wildman–Crippen MR) is 116 cm³/mol. The summed E-state index contributed by atoms with van der Waals surface area (Å²) in [5, 5.41) is 0. The highest BCUT2D eigenvalue weighted by molar-refractivity contribution is 5.66. The number of halogens is 2. The molecule has 1 aliphatic carbocycles. The van der Waals surface area contributed by atoms with Gasteiger partial charge in [0, 0.05) is 17.2 Å². The van der Waals surface area contributed by atoms with Crippen molar-refractivity contribution < 1.29 is 13.5 Å². The van der Waals surface area contributed by atoms with Crippen LogP contribution in [0.5, 0.6) is 5.75 Å². The Hall–Kier alpha value is -1.90. The Morgan fingerprint density at radius 3 is 2.10 bits per heavy atom. The molecule has 1 nitrogen and oxygen atoms in total. The Labute approximate surface area is 174 Å². The second-order valence-electron chi connectivity index (χ2n) is 8.48. The minimum atomic E-state index is -0.455. The van der Waals surface area contributed by atoms with Gasteiger partial charge in [-0.05, 0) is 61.8 Å². The summed E-state index contributed by atoms with van der Waals surface area (Å²) < 4.78 is 34.5. The molecule has 0 unspecified atom stereocenters. The molecular weight excluding hydrogens is 366 g/mol. The van der Waals surface area contributed by atoms with E-state index in [4.69, 9.17) is 4.74 Å². The molecule has 0 spiro atoms. The second-order valence-corrected chi connectivity index (χ2v) is 8.48. The summed E-state index contributed by atoms with van der Waals surface area (Å²) in [6, 6.07) is 9.89. The number of hydrogen-bond donors (Lipinski definition) is 0. The van der Waals surface area contributed by atoms with Gasteiger partial charge in [0.2, 0.25) is 0 Å². The molecule has 0 aliphatic heterocycles. The quantitative estimate of drug-likeness (QED) is 0.388. The number of unbranched alkanes of at least 4 members (excludes halogenated alkanes) is 2. The molecule has 0 bridgehead atoms. The first kappa shape index (κ1) is 21.8. The molecule has 1 aliphatic rings. The van der Waals surface area contributed by atoms with Gasteiger partial charge in [-0.2, -0.15) is 0 Å². The van der Waals surface area contributed by atoms with Gasteiger partial charge in [0.25, 0.3) is 0 Å². The van der Waals surface area contributed by atoms with Gasteiger partial charge >= 0.3 is 0 Å². The molecule has 2 aromatic rings. The van der Waals surface area contributed by atoms with Crippen LogP contribution < -0.4 is 4.74 Å². The summed E-state index contributed by atoms with van der Waals surface area (Å²) in [5.74, 6) is 1.20. The van der Waals surface area contributed by atoms with E-state index in [0.29, 0.717) is 23.8 Å². The molecule has 0 aromatic heterocycles. The van der Waals surface area contributed by atoms with E-state index < -0.39 is 5.82 Å². The van der Waals surface area contributed by atoms with Gasteiger partial charge in [-0.25, -0.2) is 8.78 Å². The van der Waals surface area contributed by atoms with Gasteiger partial charge < -0.3 is 4.74 Å². The van der Waals surface area contributed by atoms with Gasteiger partial charge in [0.15, 0.2) is 0 Å². The molecule has 1 fully saturated rings. The molecule has 1 saturated carbocycles. The zero-order valence-electron chi connectivity index (χ0n) is 17.9. The normalized spacial score (nSPS) is 19.3. The third-order valence-corrected chi connectivity index (χ3v) is 6.28. The van der Waals surface area contributed by atoms with Crippen molar-refractivity contribution >= 4 is 0 Å². The van der Waals surface area contributed by atoms with E-state index in [9.17, 15) is 8.78 Å². The van der Waals surface area contributed by atoms with Crippen LogP contribution in [0, 0.1) is 23.5 Å². The van der Waals surface area contributed by atoms with Crippen molar-refractivity contribution in [1.82, 2.24) is 0 Å². The molecule has 158 valence electrons. The fourth-order valence-electron chi connectivity index (χ4n) is 4.62. The summed E-state index contributed by atoms with van der Waals surface area (Å²) in [5.41, 5.74) is 1.62. The lowest BCUT2D eigenvalue weighted by Gasteiger charge is -2.28. The summed E-state index contributed by atoms with van der Waals surface area (Å²) in [4.78, 5) is 0. The van der Waals surface area contributed by atoms with Crippen LogP contribution in [0.25, 0.3) is 11.1 Å². The Morgan fingerprint density at radius 1 is 0.828 bits per heavy atom. The number of hydrogen-bond acceptors (Lipinski definition) is 1. The highest BCUT2D eigenvalue weighted by Gasteiger charge is 2.21. The Bertz CT molecular complexity index is 778. The largest absolute Gasteiger partial charge is 0.494 e. The Morgan fingerprint density at radius 2 is 1.48 bits per heavy atom. The number of ether oxygens (including phenoxy) is 1. The van der Waals surface area contributed by atoms with Crippen LogP contribution in [-0.4, -0.2) is 6.61 Å². The lowest BCUT2D eigenvalue weighted by molar-refractivity contribution is 0.257. The summed E-state index contributed by atoms with van der Waals surface area (Å²) in [7, 11) is 0. The van der Waals surface area contributed by atoms with E-state index in [-0.39, 0.29) is 11.4 Å². The van der Waals surface area contributed by atoms with Crippen LogP contribution >= 0.6 is 0 Å². The molecule has 3 heteroatoms. The van der Waals surface area contributed by atoms with Crippen LogP contribution in [0.15, 0.2) is 36.4 Å². The van der Waals surface area contributed by atoms with Gasteiger partial charge in [-0.3, -0.25) is 0 Å². The summed E-state index contributed by atoms with van der Waals surface area (Å²) in [6.45, 7) is 4.58. The average Bonchev–Trinajstić information content (AvgIpc) is 2.71. The Balaban J connectivity index is 1.59. The summed E-state index contributed by atoms with van der Waals surface area (Å²) in [6.07, 6.45) is 11.4. The molecule has 0 heterocycles. The molecule has 0 atom stereocenters. The van der Waals surface area contributed by atoms with Crippen molar-refractivity contribution in [2.24, 2.45) is 11.8 Å². The molecular formula is C26H34F2O. The fourth-order valence-corrected chi connectivity index (χ4v) is 4.62. The van der Waals surface area contributed by atoms with E-state index in [1.165, 1.54) is 57.4 Å². The van der Waals surface area contributed by atoms with Crippen molar-refractivity contribution in [3.63, 3.8) is 0 Å². The summed E-state index contributed by atoms with van der Waals surface area (Å²) >= 11 is 0. The number of benzene rings is 2. The van der Waals surface area contributed by atoms with Crippen molar-refractivity contribution in [2.75, 3.05) is 6.61 Å². The van der Waals surface area contributed by atoms with E-state index in [1.54, 1.807) is 24.3 Å². The van der Waals surface area contributed by atoms with Crippen LogP contribution in [-0.2, 0) is 6.42 Å². The first-order chi connectivity index (χ1) is 14.1. The van der Waals surface area contributed by atoms with E-state index >= 15 is 0 Å². The minimum Gasteiger partial charge on any atom is -0.494 e. The van der Waals surface area contributed by atoms with Crippen LogP contribution in [0.1, 0.15) is 70.8 Å². The maximum Gasteiger partial charge on any atom is 0.134 e. The lowest BCUT2D eigenvalue weighted by atomic mass is 9.77. The lowest BCUT2D eigenvalue weighted by Crippen LogP contribution is -2.16. The van der Waals surface area contributed by atoms with Crippen LogP contribution in [0.3, 0.4) is 0 Å². The maximum absolute atomic E-state index is 14.8. The van der Waals surface area contributed by atoms with Crippen molar-refractivity contribution in [2.45, 2.75) is 71.6 Å². The molecule has 3 rings (SSSR count). The van der Waals surface area contributed by atoms with E-state index in [0.717, 1.165) is 17.9 Å². The van der Waals surface area contributed by atoms with Gasteiger partial charge in [0.05, 0.1) is 6.61 Å². The molecule has 29 heavy (non-hydrogen) atoms. The Kier molecular flexibility index (Phi) is 8.09. The van der Waals surface area contributed by atoms with Gasteiger partial charge in [-0.15, -0.1) is 0 Å². The average molecular weight is 401 g/mol. The highest BCUT2D eigenvalue weighted by atomic mass is 19.1. The van der Waals surface area contributed by atoms with E-state index in [1.807, 2.05) is 13.0 Å². The molecule has 0 radical (unpaired) electrons. The monoisotopic (exact) mass is 400 g/mol. The molecule has 2 aromatic carbocycles. The van der Waals surface area contributed by atoms with Crippen LogP contribution in [0.2, 0.25) is 0 Å². The fraction of sp³-hybridized carbons (Fsp3) is 0.538. The SMILES string of the molecule is CCCCCC1CCC(Cc2ccc(-c3ccc(OCC)cc3F)c(F)c2)CC1. The second kappa shape index (κ2) is 10.8. The molecule has 0 saturated heterocycles. The molecule has 0 amide bonds. The highest BCUT2D eigenvalue weighted by Crippen LogP contribution is 2.35. The van der Waals surface area contributed by atoms with Crippen molar-refractivity contribution in [3.8, 4) is 16.9 Å². The predicted octanol–water partition coefficient (Wildman–Crippen LogP) is 7.96. The van der Waals surface area contributed by atoms with Gasteiger partial charge in [-0.1, -0.05) is 57.6 Å². The van der Waals surface area contributed by atoms with E-state index in [2.05, 4.69) is 6.92 Å². The topological polar surface area (TPSA) is 9.23 Å². The van der Waals surface area contributed by atoms with Crippen molar-refractivity contribution in [1.29, 1.82) is 0 Å². The zero-order chi connectivity index (χ0) is 20.6. The number of rotatable bonds is 9. The zero-order valence-corrected chi connectivity index (χ0v) is 17.9.